The quantitative estimate of drug-likeness (QED) is 0.839. The van der Waals surface area contributed by atoms with Gasteiger partial charge in [-0.2, -0.15) is 11.8 Å². The van der Waals surface area contributed by atoms with Gasteiger partial charge in [-0.05, 0) is 32.0 Å². The molecule has 4 nitrogen and oxygen atoms in total. The van der Waals surface area contributed by atoms with E-state index in [1.54, 1.807) is 0 Å². The Morgan fingerprint density at radius 1 is 1.52 bits per heavy atom. The molecule has 0 unspecified atom stereocenters. The number of amides is 1. The zero-order valence-electron chi connectivity index (χ0n) is 12.5. The summed E-state index contributed by atoms with van der Waals surface area (Å²) in [6.07, 6.45) is 0.414. The summed E-state index contributed by atoms with van der Waals surface area (Å²) in [5.74, 6) is 0.599. The molecule has 0 spiro atoms. The number of hydrogen-bond acceptors (Lipinski definition) is 4. The number of anilines is 2. The van der Waals surface area contributed by atoms with Crippen molar-refractivity contribution in [2.45, 2.75) is 25.0 Å². The Morgan fingerprint density at radius 2 is 2.29 bits per heavy atom. The smallest absolute Gasteiger partial charge is 0.225 e. The van der Waals surface area contributed by atoms with Gasteiger partial charge in [0.2, 0.25) is 5.91 Å². The zero-order chi connectivity index (χ0) is 15.5. The van der Waals surface area contributed by atoms with Crippen molar-refractivity contribution in [2.24, 2.45) is 0 Å². The van der Waals surface area contributed by atoms with E-state index in [2.05, 4.69) is 24.1 Å². The average Bonchev–Trinajstić information content (AvgIpc) is 2.39. The highest BCUT2D eigenvalue weighted by molar-refractivity contribution is 8.00. The van der Waals surface area contributed by atoms with Gasteiger partial charge >= 0.3 is 0 Å². The third-order valence-electron chi connectivity index (χ3n) is 3.45. The lowest BCUT2D eigenvalue weighted by atomic mass is 10.2. The fourth-order valence-electron chi connectivity index (χ4n) is 2.42. The molecular weight excluding hydrogens is 289 g/mol. The Kier molecular flexibility index (Phi) is 5.11. The second kappa shape index (κ2) is 6.66. The van der Waals surface area contributed by atoms with E-state index < -0.39 is 5.82 Å². The summed E-state index contributed by atoms with van der Waals surface area (Å²) in [6, 6.07) is 3.99. The van der Waals surface area contributed by atoms with Gasteiger partial charge in [-0.25, -0.2) is 4.39 Å². The Balaban J connectivity index is 1.82. The SMILES string of the molecule is CC1(C)CN(CCC(=O)Nc2ccc(F)cc2N)CCS1. The number of carbonyl (C=O) groups excluding carboxylic acids is 1. The van der Waals surface area contributed by atoms with Crippen LogP contribution >= 0.6 is 11.8 Å². The first-order valence-corrected chi connectivity index (χ1v) is 8.05. The molecular formula is C15H22FN3OS. The van der Waals surface area contributed by atoms with Crippen LogP contribution in [0.25, 0.3) is 0 Å². The second-order valence-corrected chi connectivity index (χ2v) is 7.72. The minimum atomic E-state index is -0.404. The van der Waals surface area contributed by atoms with Crippen LogP contribution < -0.4 is 11.1 Å². The van der Waals surface area contributed by atoms with Crippen molar-refractivity contribution in [1.29, 1.82) is 0 Å². The number of nitrogens with one attached hydrogen (secondary N) is 1. The molecule has 1 aromatic rings. The largest absolute Gasteiger partial charge is 0.397 e. The van der Waals surface area contributed by atoms with Crippen molar-refractivity contribution >= 4 is 29.0 Å². The average molecular weight is 311 g/mol. The number of halogens is 1. The zero-order valence-corrected chi connectivity index (χ0v) is 13.3. The lowest BCUT2D eigenvalue weighted by Gasteiger charge is -2.37. The first-order chi connectivity index (χ1) is 9.85. The molecule has 1 aliphatic heterocycles. The van der Waals surface area contributed by atoms with E-state index >= 15 is 0 Å². The number of benzene rings is 1. The van der Waals surface area contributed by atoms with Crippen LogP contribution in [0.5, 0.6) is 0 Å². The summed E-state index contributed by atoms with van der Waals surface area (Å²) in [7, 11) is 0. The number of nitrogen functional groups attached to an aromatic ring is 1. The number of rotatable bonds is 4. The van der Waals surface area contributed by atoms with E-state index in [1.165, 1.54) is 18.2 Å². The monoisotopic (exact) mass is 311 g/mol. The topological polar surface area (TPSA) is 58.4 Å². The summed E-state index contributed by atoms with van der Waals surface area (Å²) >= 11 is 1.97. The van der Waals surface area contributed by atoms with Gasteiger partial charge in [0.05, 0.1) is 11.4 Å². The van der Waals surface area contributed by atoms with Crippen molar-refractivity contribution < 1.29 is 9.18 Å². The highest BCUT2D eigenvalue weighted by atomic mass is 32.2. The molecule has 1 aromatic carbocycles. The van der Waals surface area contributed by atoms with Crippen LogP contribution in [0, 0.1) is 5.82 Å². The fraction of sp³-hybridized carbons (Fsp3) is 0.533. The highest BCUT2D eigenvalue weighted by Crippen LogP contribution is 2.29. The van der Waals surface area contributed by atoms with Crippen molar-refractivity contribution in [3.63, 3.8) is 0 Å². The third kappa shape index (κ3) is 4.89. The number of carbonyl (C=O) groups is 1. The molecule has 6 heteroatoms. The third-order valence-corrected chi connectivity index (χ3v) is 4.74. The summed E-state index contributed by atoms with van der Waals surface area (Å²) in [6.45, 7) is 7.19. The first kappa shape index (κ1) is 16.1. The molecule has 1 aliphatic rings. The van der Waals surface area contributed by atoms with E-state index in [9.17, 15) is 9.18 Å². The van der Waals surface area contributed by atoms with Gasteiger partial charge in [0, 0.05) is 36.6 Å². The Hall–Kier alpha value is -1.27. The Morgan fingerprint density at radius 3 is 2.95 bits per heavy atom. The number of thioether (sulfide) groups is 1. The molecule has 1 fully saturated rings. The van der Waals surface area contributed by atoms with Crippen molar-refractivity contribution in [1.82, 2.24) is 4.90 Å². The van der Waals surface area contributed by atoms with Crippen molar-refractivity contribution in [2.75, 3.05) is 36.4 Å². The first-order valence-electron chi connectivity index (χ1n) is 7.07. The molecule has 1 amide bonds. The molecule has 0 bridgehead atoms. The van der Waals surface area contributed by atoms with Gasteiger partial charge in [-0.3, -0.25) is 4.79 Å². The van der Waals surface area contributed by atoms with Gasteiger partial charge in [0.15, 0.2) is 0 Å². The van der Waals surface area contributed by atoms with Gasteiger partial charge in [-0.1, -0.05) is 0 Å². The van der Waals surface area contributed by atoms with E-state index in [0.717, 1.165) is 25.4 Å². The Labute approximate surface area is 129 Å². The van der Waals surface area contributed by atoms with Crippen LogP contribution in [0.4, 0.5) is 15.8 Å². The maximum Gasteiger partial charge on any atom is 0.225 e. The minimum absolute atomic E-state index is 0.0932. The van der Waals surface area contributed by atoms with Gasteiger partial charge in [-0.15, -0.1) is 0 Å². The predicted octanol–water partition coefficient (Wildman–Crippen LogP) is 2.56. The number of nitrogens with zero attached hydrogens (tertiary/aromatic N) is 1. The molecule has 0 atom stereocenters. The lowest BCUT2D eigenvalue weighted by Crippen LogP contribution is -2.44. The number of nitrogens with two attached hydrogens (primary N) is 1. The summed E-state index contributed by atoms with van der Waals surface area (Å²) in [5, 5.41) is 2.74. The van der Waals surface area contributed by atoms with Crippen LogP contribution in [0.1, 0.15) is 20.3 Å². The summed E-state index contributed by atoms with van der Waals surface area (Å²) < 4.78 is 13.2. The maximum absolute atomic E-state index is 12.9. The predicted molar refractivity (Wildman–Crippen MR) is 87.0 cm³/mol. The molecule has 0 aromatic heterocycles. The van der Waals surface area contributed by atoms with E-state index in [-0.39, 0.29) is 16.3 Å². The van der Waals surface area contributed by atoms with Crippen molar-refractivity contribution in [3.8, 4) is 0 Å². The van der Waals surface area contributed by atoms with Crippen LogP contribution in [0.2, 0.25) is 0 Å². The standard InChI is InChI=1S/C15H22FN3OS/c1-15(2)10-19(7-8-21-15)6-5-14(20)18-13-4-3-11(16)9-12(13)17/h3-4,9H,5-8,10,17H2,1-2H3,(H,18,20). The van der Waals surface area contributed by atoms with Gasteiger partial charge in [0.25, 0.3) is 0 Å². The molecule has 116 valence electrons. The van der Waals surface area contributed by atoms with Gasteiger partial charge < -0.3 is 16.0 Å². The highest BCUT2D eigenvalue weighted by Gasteiger charge is 2.26. The molecule has 21 heavy (non-hydrogen) atoms. The normalized spacial score (nSPS) is 18.4. The van der Waals surface area contributed by atoms with Crippen LogP contribution in [0.3, 0.4) is 0 Å². The minimum Gasteiger partial charge on any atom is -0.397 e. The molecule has 0 aliphatic carbocycles. The van der Waals surface area contributed by atoms with Crippen LogP contribution in [-0.2, 0) is 4.79 Å². The van der Waals surface area contributed by atoms with Gasteiger partial charge in [0.1, 0.15) is 5.82 Å². The summed E-state index contributed by atoms with van der Waals surface area (Å²) in [5.41, 5.74) is 6.39. The number of hydrogen-bond donors (Lipinski definition) is 2. The molecule has 2 rings (SSSR count). The van der Waals surface area contributed by atoms with E-state index in [1.807, 2.05) is 11.8 Å². The maximum atomic E-state index is 12.9. The van der Waals surface area contributed by atoms with E-state index in [0.29, 0.717) is 12.1 Å². The second-order valence-electron chi connectivity index (χ2n) is 5.91. The molecule has 0 saturated carbocycles. The lowest BCUT2D eigenvalue weighted by molar-refractivity contribution is -0.116. The molecule has 1 heterocycles. The van der Waals surface area contributed by atoms with Crippen molar-refractivity contribution in [3.05, 3.63) is 24.0 Å². The van der Waals surface area contributed by atoms with E-state index in [4.69, 9.17) is 5.73 Å². The fourth-order valence-corrected chi connectivity index (χ4v) is 3.60. The van der Waals surface area contributed by atoms with Crippen LogP contribution in [0.15, 0.2) is 18.2 Å². The summed E-state index contributed by atoms with van der Waals surface area (Å²) in [4.78, 5) is 14.3. The molecule has 3 N–H and O–H groups in total. The van der Waals surface area contributed by atoms with Crippen LogP contribution in [-0.4, -0.2) is 40.9 Å². The molecule has 1 saturated heterocycles. The Bertz CT molecular complexity index is 522. The molecule has 0 radical (unpaired) electrons.